The van der Waals surface area contributed by atoms with E-state index in [0.29, 0.717) is 5.02 Å². The minimum absolute atomic E-state index is 0.647. The van der Waals surface area contributed by atoms with Crippen molar-refractivity contribution in [3.05, 3.63) is 27.7 Å². The molecule has 0 saturated carbocycles. The van der Waals surface area contributed by atoms with Crippen LogP contribution in [0.1, 0.15) is 0 Å². The molecule has 0 heterocycles. The molecule has 0 aliphatic heterocycles. The summed E-state index contributed by atoms with van der Waals surface area (Å²) in [6.07, 6.45) is 0. The van der Waals surface area contributed by atoms with E-state index in [1.807, 2.05) is 12.1 Å². The fourth-order valence-electron chi connectivity index (χ4n) is 0.712. The second-order valence-corrected chi connectivity index (χ2v) is 3.64. The van der Waals surface area contributed by atoms with Gasteiger partial charge in [-0.15, -0.1) is 5.53 Å². The zero-order chi connectivity index (χ0) is 9.68. The summed E-state index contributed by atoms with van der Waals surface area (Å²) in [6, 6.07) is 5.50. The van der Waals surface area contributed by atoms with Crippen molar-refractivity contribution in [3.8, 4) is 0 Å². The number of benzene rings is 1. The molecule has 0 radical (unpaired) electrons. The maximum Gasteiger partial charge on any atom is 0.0773 e. The highest BCUT2D eigenvalue weighted by Gasteiger charge is 1.97. The van der Waals surface area contributed by atoms with Gasteiger partial charge in [-0.2, -0.15) is 0 Å². The van der Waals surface area contributed by atoms with Crippen molar-refractivity contribution in [3.63, 3.8) is 0 Å². The fraction of sp³-hybridized carbons (Fsp3) is 0. The van der Waals surface area contributed by atoms with Crippen LogP contribution in [0.5, 0.6) is 0 Å². The van der Waals surface area contributed by atoms with Crippen molar-refractivity contribution in [2.24, 2.45) is 0 Å². The molecular formula is C7H7BrClN3S. The van der Waals surface area contributed by atoms with Crippen molar-refractivity contribution >= 4 is 50.9 Å². The van der Waals surface area contributed by atoms with E-state index in [1.165, 1.54) is 5.49 Å². The van der Waals surface area contributed by atoms with Gasteiger partial charge in [-0.1, -0.05) is 23.8 Å². The summed E-state index contributed by atoms with van der Waals surface area (Å²) in [7, 11) is 0. The number of hydrogen-bond donors (Lipinski definition) is 3. The van der Waals surface area contributed by atoms with Crippen LogP contribution in [0.2, 0.25) is 5.02 Å². The Morgan fingerprint density at radius 1 is 1.46 bits per heavy atom. The highest BCUT2D eigenvalue weighted by atomic mass is 79.9. The largest absolute Gasteiger partial charge is 0.304 e. The van der Waals surface area contributed by atoms with E-state index in [2.05, 4.69) is 44.5 Å². The number of rotatable bonds is 4. The van der Waals surface area contributed by atoms with E-state index in [0.717, 1.165) is 10.2 Å². The van der Waals surface area contributed by atoms with Crippen LogP contribution in [0.4, 0.5) is 5.69 Å². The average Bonchev–Trinajstić information content (AvgIpc) is 2.12. The molecule has 70 valence electrons. The number of anilines is 1. The Labute approximate surface area is 94.9 Å². The predicted molar refractivity (Wildman–Crippen MR) is 62.7 cm³/mol. The molecule has 0 bridgehead atoms. The molecule has 0 amide bonds. The molecule has 3 N–H and O–H groups in total. The lowest BCUT2D eigenvalue weighted by Gasteiger charge is -2.07. The van der Waals surface area contributed by atoms with E-state index in [4.69, 9.17) is 11.6 Å². The summed E-state index contributed by atoms with van der Waals surface area (Å²) >= 11 is 13.7. The summed E-state index contributed by atoms with van der Waals surface area (Å²) in [5.74, 6) is 0. The number of nitrogens with one attached hydrogen (secondary N) is 3. The van der Waals surface area contributed by atoms with Crippen LogP contribution in [-0.4, -0.2) is 5.49 Å². The molecular weight excluding hydrogens is 274 g/mol. The van der Waals surface area contributed by atoms with Gasteiger partial charge in [-0.05, 0) is 34.1 Å². The van der Waals surface area contributed by atoms with Gasteiger partial charge in [0.2, 0.25) is 0 Å². The Hall–Kier alpha value is -0.360. The Kier molecular flexibility index (Phi) is 4.44. The van der Waals surface area contributed by atoms with E-state index < -0.39 is 0 Å². The summed E-state index contributed by atoms with van der Waals surface area (Å²) in [5, 5.41) is 0.647. The van der Waals surface area contributed by atoms with Gasteiger partial charge in [0.15, 0.2) is 0 Å². The first-order valence-corrected chi connectivity index (χ1v) is 5.03. The first-order chi connectivity index (χ1) is 6.24. The van der Waals surface area contributed by atoms with E-state index in [9.17, 15) is 0 Å². The molecule has 0 aromatic heterocycles. The summed E-state index contributed by atoms with van der Waals surface area (Å²) in [6.45, 7) is 0. The Morgan fingerprint density at radius 3 is 2.85 bits per heavy atom. The third-order valence-electron chi connectivity index (χ3n) is 1.26. The molecule has 0 aliphatic rings. The monoisotopic (exact) mass is 279 g/mol. The van der Waals surface area contributed by atoms with Gasteiger partial charge in [-0.3, -0.25) is 0 Å². The quantitative estimate of drug-likeness (QED) is 0.450. The van der Waals surface area contributed by atoms with Crippen molar-refractivity contribution in [1.29, 1.82) is 0 Å². The maximum absolute atomic E-state index is 5.86. The van der Waals surface area contributed by atoms with Gasteiger partial charge >= 0.3 is 0 Å². The number of hydrogen-bond acceptors (Lipinski definition) is 3. The lowest BCUT2D eigenvalue weighted by molar-refractivity contribution is 0.773. The first kappa shape index (κ1) is 10.7. The van der Waals surface area contributed by atoms with E-state index in [1.54, 1.807) is 6.07 Å². The van der Waals surface area contributed by atoms with Gasteiger partial charge in [0.1, 0.15) is 0 Å². The molecule has 1 aromatic rings. The smallest absolute Gasteiger partial charge is 0.0773 e. The van der Waals surface area contributed by atoms with Gasteiger partial charge in [0.25, 0.3) is 0 Å². The molecule has 3 nitrogen and oxygen atoms in total. The zero-order valence-electron chi connectivity index (χ0n) is 6.47. The first-order valence-electron chi connectivity index (χ1n) is 3.39. The zero-order valence-corrected chi connectivity index (χ0v) is 9.63. The topological polar surface area (TPSA) is 36.1 Å². The molecule has 0 aliphatic carbocycles. The van der Waals surface area contributed by atoms with Crippen LogP contribution < -0.4 is 16.4 Å². The summed E-state index contributed by atoms with van der Waals surface area (Å²) in [4.78, 5) is 0. The van der Waals surface area contributed by atoms with Crippen LogP contribution in [0.3, 0.4) is 0 Å². The minimum Gasteiger partial charge on any atom is -0.304 e. The third kappa shape index (κ3) is 3.48. The SMILES string of the molecule is S=CNNNc1ccc(Br)c(Cl)c1. The number of hydrazine groups is 2. The maximum atomic E-state index is 5.86. The molecule has 1 aromatic carbocycles. The van der Waals surface area contributed by atoms with E-state index in [-0.39, 0.29) is 0 Å². The third-order valence-corrected chi connectivity index (χ3v) is 2.61. The highest BCUT2D eigenvalue weighted by Crippen LogP contribution is 2.24. The van der Waals surface area contributed by atoms with Crippen LogP contribution in [0, 0.1) is 0 Å². The lowest BCUT2D eigenvalue weighted by Crippen LogP contribution is -2.34. The van der Waals surface area contributed by atoms with Gasteiger partial charge in [0, 0.05) is 4.47 Å². The number of halogens is 2. The van der Waals surface area contributed by atoms with Gasteiger partial charge in [0.05, 0.1) is 16.2 Å². The van der Waals surface area contributed by atoms with Crippen molar-refractivity contribution in [2.45, 2.75) is 0 Å². The Balaban J connectivity index is 2.57. The minimum atomic E-state index is 0.647. The molecule has 6 heteroatoms. The summed E-state index contributed by atoms with van der Waals surface area (Å²) in [5.41, 5.74) is 10.3. The molecule has 0 spiro atoms. The number of thiocarbonyl (C=S) groups is 1. The summed E-state index contributed by atoms with van der Waals surface area (Å²) < 4.78 is 0.863. The Morgan fingerprint density at radius 2 is 2.23 bits per heavy atom. The molecule has 13 heavy (non-hydrogen) atoms. The average molecular weight is 281 g/mol. The molecule has 0 fully saturated rings. The van der Waals surface area contributed by atoms with Gasteiger partial charge in [-0.25, -0.2) is 0 Å². The van der Waals surface area contributed by atoms with E-state index >= 15 is 0 Å². The van der Waals surface area contributed by atoms with Crippen LogP contribution >= 0.6 is 39.7 Å². The van der Waals surface area contributed by atoms with Crippen LogP contribution in [0.15, 0.2) is 22.7 Å². The van der Waals surface area contributed by atoms with Crippen molar-refractivity contribution in [2.75, 3.05) is 5.43 Å². The standard InChI is InChI=1S/C7H7BrClN3S/c8-6-2-1-5(3-7(6)9)11-12-10-4-13/h1-4,11-12H,(H,10,13). The molecule has 0 saturated heterocycles. The van der Waals surface area contributed by atoms with Crippen molar-refractivity contribution < 1.29 is 0 Å². The highest BCUT2D eigenvalue weighted by molar-refractivity contribution is 9.10. The normalized spacial score (nSPS) is 9.38. The second-order valence-electron chi connectivity index (χ2n) is 2.14. The van der Waals surface area contributed by atoms with Crippen LogP contribution in [-0.2, 0) is 0 Å². The lowest BCUT2D eigenvalue weighted by atomic mass is 10.3. The van der Waals surface area contributed by atoms with Crippen molar-refractivity contribution in [1.82, 2.24) is 11.0 Å². The molecule has 0 atom stereocenters. The predicted octanol–water partition coefficient (Wildman–Crippen LogP) is 2.48. The fourth-order valence-corrected chi connectivity index (χ4v) is 1.20. The van der Waals surface area contributed by atoms with Gasteiger partial charge < -0.3 is 10.9 Å². The molecule has 0 unspecified atom stereocenters. The molecule has 1 rings (SSSR count). The Bertz CT molecular complexity index is 308. The second kappa shape index (κ2) is 5.39. The van der Waals surface area contributed by atoms with Crippen LogP contribution in [0.25, 0.3) is 0 Å².